The van der Waals surface area contributed by atoms with E-state index < -0.39 is 10.0 Å². The van der Waals surface area contributed by atoms with Gasteiger partial charge in [0.25, 0.3) is 0 Å². The fourth-order valence-corrected chi connectivity index (χ4v) is 3.91. The van der Waals surface area contributed by atoms with Gasteiger partial charge in [-0.25, -0.2) is 8.42 Å². The summed E-state index contributed by atoms with van der Waals surface area (Å²) in [6, 6.07) is 11.6. The molecule has 0 radical (unpaired) electrons. The minimum absolute atomic E-state index is 0.103. The van der Waals surface area contributed by atoms with E-state index in [0.717, 1.165) is 9.87 Å². The number of likely N-dealkylation sites (N-methyl/N-ethyl adjacent to an activating group) is 1. The van der Waals surface area contributed by atoms with Gasteiger partial charge in [-0.2, -0.15) is 4.31 Å². The molecule has 1 amide bonds. The van der Waals surface area contributed by atoms with E-state index in [1.807, 2.05) is 19.1 Å². The lowest BCUT2D eigenvalue weighted by Crippen LogP contribution is -2.39. The van der Waals surface area contributed by atoms with Crippen LogP contribution in [0.15, 0.2) is 47.4 Å². The molecule has 0 unspecified atom stereocenters. The fourth-order valence-electron chi connectivity index (χ4n) is 2.78. The summed E-state index contributed by atoms with van der Waals surface area (Å²) in [6.07, 6.45) is 0.571. The van der Waals surface area contributed by atoms with E-state index in [4.69, 9.17) is 14.2 Å². The molecule has 9 heteroatoms. The lowest BCUT2D eigenvalue weighted by atomic mass is 10.1. The molecule has 1 N–H and O–H groups in total. The minimum Gasteiger partial charge on any atom is -0.494 e. The third kappa shape index (κ3) is 6.11. The molecule has 164 valence electrons. The lowest BCUT2D eigenvalue weighted by molar-refractivity contribution is -0.121. The molecule has 30 heavy (non-hydrogen) atoms. The molecule has 0 aliphatic carbocycles. The van der Waals surface area contributed by atoms with E-state index in [1.165, 1.54) is 19.2 Å². The van der Waals surface area contributed by atoms with Crippen LogP contribution in [0, 0.1) is 0 Å². The Morgan fingerprint density at radius 3 is 2.30 bits per heavy atom. The Kier molecular flexibility index (Phi) is 8.49. The maximum Gasteiger partial charge on any atom is 0.243 e. The van der Waals surface area contributed by atoms with E-state index in [1.54, 1.807) is 32.4 Å². The largest absolute Gasteiger partial charge is 0.494 e. The van der Waals surface area contributed by atoms with Gasteiger partial charge in [0.2, 0.25) is 15.9 Å². The monoisotopic (exact) mass is 436 g/mol. The number of rotatable bonds is 11. The number of hydrogen-bond donors (Lipinski definition) is 1. The number of ether oxygens (including phenoxy) is 3. The van der Waals surface area contributed by atoms with Crippen LogP contribution in [0.2, 0.25) is 0 Å². The first-order valence-electron chi connectivity index (χ1n) is 9.48. The molecule has 0 saturated heterocycles. The predicted molar refractivity (Wildman–Crippen MR) is 114 cm³/mol. The molecule has 0 aliphatic rings. The highest BCUT2D eigenvalue weighted by Crippen LogP contribution is 2.27. The Hall–Kier alpha value is -2.78. The van der Waals surface area contributed by atoms with Crippen molar-refractivity contribution < 1.29 is 27.4 Å². The summed E-state index contributed by atoms with van der Waals surface area (Å²) in [5.74, 6) is 1.45. The lowest BCUT2D eigenvalue weighted by Gasteiger charge is -2.17. The molecule has 2 aromatic carbocycles. The van der Waals surface area contributed by atoms with Crippen molar-refractivity contribution in [3.05, 3.63) is 48.0 Å². The maximum atomic E-state index is 12.6. The van der Waals surface area contributed by atoms with Crippen LogP contribution in [0.1, 0.15) is 12.5 Å². The molecule has 0 fully saturated rings. The second kappa shape index (κ2) is 10.8. The van der Waals surface area contributed by atoms with E-state index in [9.17, 15) is 13.2 Å². The van der Waals surface area contributed by atoms with Crippen LogP contribution in [-0.2, 0) is 21.2 Å². The Labute approximate surface area is 177 Å². The number of methoxy groups -OCH3 is 2. The number of nitrogens with one attached hydrogen (secondary N) is 1. The van der Waals surface area contributed by atoms with Gasteiger partial charge >= 0.3 is 0 Å². The summed E-state index contributed by atoms with van der Waals surface area (Å²) < 4.78 is 42.1. The number of hydrogen-bond acceptors (Lipinski definition) is 6. The van der Waals surface area contributed by atoms with E-state index in [-0.39, 0.29) is 17.3 Å². The van der Waals surface area contributed by atoms with Gasteiger partial charge in [-0.1, -0.05) is 6.07 Å². The second-order valence-corrected chi connectivity index (χ2v) is 8.50. The molecular weight excluding hydrogens is 408 g/mol. The van der Waals surface area contributed by atoms with Gasteiger partial charge in [0.15, 0.2) is 11.5 Å². The molecule has 2 aromatic rings. The average molecular weight is 437 g/mol. The fraction of sp³-hybridized carbons (Fsp3) is 0.381. The summed E-state index contributed by atoms with van der Waals surface area (Å²) in [6.45, 7) is 2.43. The van der Waals surface area contributed by atoms with Crippen LogP contribution in [-0.4, -0.2) is 59.6 Å². The summed E-state index contributed by atoms with van der Waals surface area (Å²) in [4.78, 5) is 12.3. The Balaban J connectivity index is 1.89. The van der Waals surface area contributed by atoms with Crippen molar-refractivity contribution >= 4 is 15.9 Å². The van der Waals surface area contributed by atoms with Gasteiger partial charge < -0.3 is 19.5 Å². The van der Waals surface area contributed by atoms with Gasteiger partial charge in [0.05, 0.1) is 32.3 Å². The standard InChI is InChI=1S/C21H28N2O6S/c1-5-29-17-7-9-18(10-8-17)30(25,26)23(2)15-21(24)22-13-12-16-6-11-19(27-3)20(14-16)28-4/h6-11,14H,5,12-13,15H2,1-4H3,(H,22,24). The van der Waals surface area contributed by atoms with E-state index in [0.29, 0.717) is 36.8 Å². The Bertz CT molecular complexity index is 944. The molecule has 2 rings (SSSR count). The molecule has 0 aliphatic heterocycles. The normalized spacial score (nSPS) is 11.2. The first-order valence-corrected chi connectivity index (χ1v) is 10.9. The van der Waals surface area contributed by atoms with Crippen molar-refractivity contribution in [3.8, 4) is 17.2 Å². The third-order valence-corrected chi connectivity index (χ3v) is 6.21. The zero-order chi connectivity index (χ0) is 22.1. The smallest absolute Gasteiger partial charge is 0.243 e. The van der Waals surface area contributed by atoms with Crippen LogP contribution in [0.3, 0.4) is 0 Å². The average Bonchev–Trinajstić information content (AvgIpc) is 2.74. The first-order chi connectivity index (χ1) is 14.3. The summed E-state index contributed by atoms with van der Waals surface area (Å²) in [5, 5.41) is 2.74. The van der Waals surface area contributed by atoms with Crippen molar-refractivity contribution in [2.75, 3.05) is 41.0 Å². The highest BCUT2D eigenvalue weighted by Gasteiger charge is 2.22. The van der Waals surface area contributed by atoms with Crippen molar-refractivity contribution in [3.63, 3.8) is 0 Å². The minimum atomic E-state index is -3.77. The molecule has 8 nitrogen and oxygen atoms in total. The quantitative estimate of drug-likeness (QED) is 0.580. The number of nitrogens with zero attached hydrogens (tertiary/aromatic N) is 1. The van der Waals surface area contributed by atoms with E-state index in [2.05, 4.69) is 5.32 Å². The van der Waals surface area contributed by atoms with Crippen molar-refractivity contribution in [2.45, 2.75) is 18.2 Å². The number of carbonyl (C=O) groups is 1. The van der Waals surface area contributed by atoms with Crippen LogP contribution in [0.4, 0.5) is 0 Å². The topological polar surface area (TPSA) is 94.2 Å². The summed E-state index contributed by atoms with van der Waals surface area (Å²) in [7, 11) is 0.726. The van der Waals surface area contributed by atoms with Crippen molar-refractivity contribution in [1.29, 1.82) is 0 Å². The third-order valence-electron chi connectivity index (χ3n) is 4.39. The Morgan fingerprint density at radius 2 is 1.70 bits per heavy atom. The number of amides is 1. The van der Waals surface area contributed by atoms with E-state index >= 15 is 0 Å². The summed E-state index contributed by atoms with van der Waals surface area (Å²) in [5.41, 5.74) is 0.961. The van der Waals surface area contributed by atoms with Crippen LogP contribution < -0.4 is 19.5 Å². The number of carbonyl (C=O) groups excluding carboxylic acids is 1. The molecule has 0 bridgehead atoms. The van der Waals surface area contributed by atoms with Gasteiger partial charge in [-0.05, 0) is 55.3 Å². The van der Waals surface area contributed by atoms with Gasteiger partial charge in [0, 0.05) is 13.6 Å². The second-order valence-electron chi connectivity index (χ2n) is 6.45. The molecule has 0 saturated carbocycles. The van der Waals surface area contributed by atoms with Gasteiger partial charge in [-0.3, -0.25) is 4.79 Å². The highest BCUT2D eigenvalue weighted by molar-refractivity contribution is 7.89. The molecule has 0 spiro atoms. The first kappa shape index (κ1) is 23.5. The van der Waals surface area contributed by atoms with Gasteiger partial charge in [0.1, 0.15) is 5.75 Å². The highest BCUT2D eigenvalue weighted by atomic mass is 32.2. The zero-order valence-corrected chi connectivity index (χ0v) is 18.5. The van der Waals surface area contributed by atoms with Gasteiger partial charge in [-0.15, -0.1) is 0 Å². The van der Waals surface area contributed by atoms with Crippen LogP contribution in [0.25, 0.3) is 0 Å². The van der Waals surface area contributed by atoms with Crippen molar-refractivity contribution in [1.82, 2.24) is 9.62 Å². The zero-order valence-electron chi connectivity index (χ0n) is 17.7. The predicted octanol–water partition coefficient (Wildman–Crippen LogP) is 2.08. The molecule has 0 heterocycles. The van der Waals surface area contributed by atoms with Crippen LogP contribution in [0.5, 0.6) is 17.2 Å². The molecule has 0 atom stereocenters. The van der Waals surface area contributed by atoms with Crippen molar-refractivity contribution in [2.24, 2.45) is 0 Å². The van der Waals surface area contributed by atoms with Crippen LogP contribution >= 0.6 is 0 Å². The summed E-state index contributed by atoms with van der Waals surface area (Å²) >= 11 is 0. The maximum absolute atomic E-state index is 12.6. The molecule has 0 aromatic heterocycles. The SMILES string of the molecule is CCOc1ccc(S(=O)(=O)N(C)CC(=O)NCCc2ccc(OC)c(OC)c2)cc1. The number of benzene rings is 2. The Morgan fingerprint density at radius 1 is 1.03 bits per heavy atom. The number of sulfonamides is 1. The molecular formula is C21H28N2O6S.